The van der Waals surface area contributed by atoms with Crippen LogP contribution < -0.4 is 10.0 Å². The van der Waals surface area contributed by atoms with Gasteiger partial charge < -0.3 is 14.3 Å². The van der Waals surface area contributed by atoms with Gasteiger partial charge in [-0.05, 0) is 26.1 Å². The molecule has 2 aromatic rings. The quantitative estimate of drug-likeness (QED) is 0.780. The van der Waals surface area contributed by atoms with Crippen molar-refractivity contribution in [3.05, 3.63) is 36.6 Å². The molecule has 0 spiro atoms. The topological polar surface area (TPSA) is 89.2 Å². The molecular formula is C12H18N4O3S. The van der Waals surface area contributed by atoms with Gasteiger partial charge in [-0.15, -0.1) is 0 Å². The fraction of sp³-hybridized carbons (Fsp3) is 0.417. The van der Waals surface area contributed by atoms with Crippen LogP contribution in [-0.2, 0) is 23.1 Å². The number of hydrogen-bond donors (Lipinski definition) is 2. The third-order valence-electron chi connectivity index (χ3n) is 2.65. The third-order valence-corrected chi connectivity index (χ3v) is 4.11. The van der Waals surface area contributed by atoms with Gasteiger partial charge in [-0.25, -0.2) is 18.1 Å². The molecule has 0 aliphatic rings. The van der Waals surface area contributed by atoms with E-state index >= 15 is 0 Å². The van der Waals surface area contributed by atoms with E-state index in [1.54, 1.807) is 38.8 Å². The van der Waals surface area contributed by atoms with Crippen molar-refractivity contribution in [3.8, 4) is 0 Å². The lowest BCUT2D eigenvalue weighted by atomic mass is 10.4. The first-order chi connectivity index (χ1) is 9.51. The Hall–Kier alpha value is -1.64. The summed E-state index contributed by atoms with van der Waals surface area (Å²) in [5.41, 5.74) is 0. The van der Waals surface area contributed by atoms with Gasteiger partial charge in [0.05, 0.1) is 12.9 Å². The molecule has 0 aromatic carbocycles. The molecule has 0 fully saturated rings. The van der Waals surface area contributed by atoms with E-state index in [-0.39, 0.29) is 11.1 Å². The molecular weight excluding hydrogens is 280 g/mol. The highest BCUT2D eigenvalue weighted by Crippen LogP contribution is 2.14. The summed E-state index contributed by atoms with van der Waals surface area (Å²) in [5, 5.41) is 2.83. The fourth-order valence-corrected chi connectivity index (χ4v) is 3.03. The average Bonchev–Trinajstić information content (AvgIpc) is 3.00. The number of rotatable bonds is 7. The molecule has 7 nitrogen and oxygen atoms in total. The van der Waals surface area contributed by atoms with E-state index in [2.05, 4.69) is 15.0 Å². The molecule has 0 amide bonds. The lowest BCUT2D eigenvalue weighted by Gasteiger charge is -2.13. The van der Waals surface area contributed by atoms with Crippen molar-refractivity contribution in [1.29, 1.82) is 0 Å². The van der Waals surface area contributed by atoms with Crippen LogP contribution in [0.1, 0.15) is 12.7 Å². The van der Waals surface area contributed by atoms with E-state index in [0.717, 1.165) is 0 Å². The predicted molar refractivity (Wildman–Crippen MR) is 73.5 cm³/mol. The largest absolute Gasteiger partial charge is 0.447 e. The van der Waals surface area contributed by atoms with Crippen molar-refractivity contribution in [2.45, 2.75) is 31.1 Å². The Labute approximate surface area is 118 Å². The Morgan fingerprint density at radius 2 is 2.25 bits per heavy atom. The second-order valence-corrected chi connectivity index (χ2v) is 6.18. The zero-order valence-corrected chi connectivity index (χ0v) is 12.2. The predicted octanol–water partition coefficient (Wildman–Crippen LogP) is 0.562. The minimum absolute atomic E-state index is 0.0692. The van der Waals surface area contributed by atoms with Gasteiger partial charge in [0.15, 0.2) is 0 Å². The van der Waals surface area contributed by atoms with Gasteiger partial charge in [0, 0.05) is 25.0 Å². The minimum atomic E-state index is -3.64. The van der Waals surface area contributed by atoms with Crippen LogP contribution in [0.5, 0.6) is 0 Å². The Bertz CT molecular complexity index is 633. The van der Waals surface area contributed by atoms with Gasteiger partial charge in [-0.2, -0.15) is 0 Å². The van der Waals surface area contributed by atoms with Crippen LogP contribution in [0, 0.1) is 0 Å². The monoisotopic (exact) mass is 298 g/mol. The second kappa shape index (κ2) is 6.21. The first kappa shape index (κ1) is 14.8. The van der Waals surface area contributed by atoms with E-state index in [1.165, 1.54) is 6.07 Å². The van der Waals surface area contributed by atoms with Crippen molar-refractivity contribution >= 4 is 10.0 Å². The van der Waals surface area contributed by atoms with E-state index in [9.17, 15) is 8.42 Å². The number of imidazole rings is 1. The van der Waals surface area contributed by atoms with E-state index in [1.807, 2.05) is 4.57 Å². The standard InChI is InChI=1S/C12H18N4O3S/c1-10(8-16-6-5-14-9-16)15-20(17,18)12-4-3-11(19-12)7-13-2/h3-6,9-10,13,15H,7-8H2,1-2H3. The first-order valence-corrected chi connectivity index (χ1v) is 7.71. The number of hydrogen-bond acceptors (Lipinski definition) is 5. The Kier molecular flexibility index (Phi) is 4.58. The third kappa shape index (κ3) is 3.69. The fourth-order valence-electron chi connectivity index (χ4n) is 1.84. The first-order valence-electron chi connectivity index (χ1n) is 6.22. The Morgan fingerprint density at radius 3 is 2.90 bits per heavy atom. The molecule has 0 radical (unpaired) electrons. The Balaban J connectivity index is 2.02. The molecule has 2 heterocycles. The molecule has 0 aliphatic heterocycles. The summed E-state index contributed by atoms with van der Waals surface area (Å²) in [5.74, 6) is 0.579. The normalized spacial score (nSPS) is 13.5. The zero-order valence-electron chi connectivity index (χ0n) is 11.4. The highest BCUT2D eigenvalue weighted by Gasteiger charge is 2.21. The van der Waals surface area contributed by atoms with Crippen molar-refractivity contribution in [3.63, 3.8) is 0 Å². The van der Waals surface area contributed by atoms with Crippen LogP contribution in [0.2, 0.25) is 0 Å². The van der Waals surface area contributed by atoms with Gasteiger partial charge in [-0.3, -0.25) is 0 Å². The molecule has 0 bridgehead atoms. The van der Waals surface area contributed by atoms with Gasteiger partial charge in [-0.1, -0.05) is 0 Å². The molecule has 8 heteroatoms. The lowest BCUT2D eigenvalue weighted by molar-refractivity contribution is 0.401. The zero-order chi connectivity index (χ0) is 14.6. The molecule has 20 heavy (non-hydrogen) atoms. The SMILES string of the molecule is CNCc1ccc(S(=O)(=O)NC(C)Cn2ccnc2)o1. The number of aromatic nitrogens is 2. The molecule has 0 aliphatic carbocycles. The van der Waals surface area contributed by atoms with Crippen LogP contribution in [0.4, 0.5) is 0 Å². The van der Waals surface area contributed by atoms with Crippen molar-refractivity contribution in [2.75, 3.05) is 7.05 Å². The molecule has 110 valence electrons. The summed E-state index contributed by atoms with van der Waals surface area (Å²) in [6, 6.07) is 2.83. The van der Waals surface area contributed by atoms with E-state index in [0.29, 0.717) is 18.8 Å². The van der Waals surface area contributed by atoms with Crippen LogP contribution >= 0.6 is 0 Å². The van der Waals surface area contributed by atoms with Gasteiger partial charge in [0.2, 0.25) is 5.09 Å². The molecule has 0 saturated heterocycles. The van der Waals surface area contributed by atoms with E-state index in [4.69, 9.17) is 4.42 Å². The van der Waals surface area contributed by atoms with Crippen LogP contribution in [-0.4, -0.2) is 31.1 Å². The maximum Gasteiger partial charge on any atom is 0.274 e. The highest BCUT2D eigenvalue weighted by atomic mass is 32.2. The smallest absolute Gasteiger partial charge is 0.274 e. The molecule has 2 rings (SSSR count). The van der Waals surface area contributed by atoms with Gasteiger partial charge in [0.25, 0.3) is 10.0 Å². The van der Waals surface area contributed by atoms with Crippen LogP contribution in [0.25, 0.3) is 0 Å². The number of furan rings is 1. The molecule has 0 saturated carbocycles. The summed E-state index contributed by atoms with van der Waals surface area (Å²) in [6.07, 6.45) is 5.07. The minimum Gasteiger partial charge on any atom is -0.447 e. The molecule has 2 aromatic heterocycles. The number of sulfonamides is 1. The molecule has 1 atom stereocenters. The summed E-state index contributed by atoms with van der Waals surface area (Å²) in [7, 11) is -1.87. The van der Waals surface area contributed by atoms with Crippen LogP contribution in [0.3, 0.4) is 0 Å². The molecule has 1 unspecified atom stereocenters. The number of nitrogens with one attached hydrogen (secondary N) is 2. The number of nitrogens with zero attached hydrogens (tertiary/aromatic N) is 2. The summed E-state index contributed by atoms with van der Waals surface area (Å²) in [6.45, 7) is 2.78. The van der Waals surface area contributed by atoms with E-state index < -0.39 is 10.0 Å². The van der Waals surface area contributed by atoms with Gasteiger partial charge >= 0.3 is 0 Å². The molecule has 2 N–H and O–H groups in total. The maximum absolute atomic E-state index is 12.1. The second-order valence-electron chi connectivity index (χ2n) is 4.53. The van der Waals surface area contributed by atoms with Crippen molar-refractivity contribution in [1.82, 2.24) is 19.6 Å². The van der Waals surface area contributed by atoms with Crippen molar-refractivity contribution in [2.24, 2.45) is 0 Å². The Morgan fingerprint density at radius 1 is 1.45 bits per heavy atom. The van der Waals surface area contributed by atoms with Crippen molar-refractivity contribution < 1.29 is 12.8 Å². The summed E-state index contributed by atoms with van der Waals surface area (Å²) < 4.78 is 34.0. The maximum atomic E-state index is 12.1. The lowest BCUT2D eigenvalue weighted by Crippen LogP contribution is -2.35. The van der Waals surface area contributed by atoms with Gasteiger partial charge in [0.1, 0.15) is 5.76 Å². The summed E-state index contributed by atoms with van der Waals surface area (Å²) in [4.78, 5) is 3.91. The summed E-state index contributed by atoms with van der Waals surface area (Å²) >= 11 is 0. The van der Waals surface area contributed by atoms with Crippen LogP contribution in [0.15, 0.2) is 40.4 Å². The average molecular weight is 298 g/mol. The highest BCUT2D eigenvalue weighted by molar-refractivity contribution is 7.89.